The lowest BCUT2D eigenvalue weighted by Crippen LogP contribution is -2.36. The summed E-state index contributed by atoms with van der Waals surface area (Å²) in [7, 11) is -3.26. The van der Waals surface area contributed by atoms with Crippen LogP contribution in [-0.2, 0) is 27.5 Å². The lowest BCUT2D eigenvalue weighted by Gasteiger charge is -2.29. The number of hydrogen-bond donors (Lipinski definition) is 0. The molecule has 144 valence electrons. The van der Waals surface area contributed by atoms with Crippen molar-refractivity contribution in [2.24, 2.45) is 0 Å². The van der Waals surface area contributed by atoms with E-state index in [2.05, 4.69) is 9.97 Å². The van der Waals surface area contributed by atoms with Crippen molar-refractivity contribution in [3.8, 4) is 10.6 Å². The molecule has 3 aromatic rings. The third-order valence-electron chi connectivity index (χ3n) is 4.69. The molecule has 8 heteroatoms. The number of benzene rings is 1. The Hall–Kier alpha value is -2.58. The Bertz CT molecular complexity index is 1120. The van der Waals surface area contributed by atoms with Crippen LogP contribution < -0.4 is 4.90 Å². The fourth-order valence-corrected chi connectivity index (χ4v) is 4.81. The van der Waals surface area contributed by atoms with E-state index in [4.69, 9.17) is 0 Å². The Morgan fingerprint density at radius 3 is 2.89 bits per heavy atom. The highest BCUT2D eigenvalue weighted by Crippen LogP contribution is 2.30. The standard InChI is InChI=1S/C20H19N3O3S2/c1-28(25,26)17-6-7-18-14(10-17)5-3-9-23(18)19(24)11-16-13-27-20(22-16)15-4-2-8-21-12-15/h2,4,6-8,10,12-13H,3,5,9,11H2,1H3. The van der Waals surface area contributed by atoms with Gasteiger partial charge in [-0.1, -0.05) is 0 Å². The molecule has 0 bridgehead atoms. The molecule has 0 unspecified atom stereocenters. The number of hydrogen-bond acceptors (Lipinski definition) is 6. The Labute approximate surface area is 167 Å². The minimum absolute atomic E-state index is 0.0314. The van der Waals surface area contributed by atoms with Crippen molar-refractivity contribution in [1.29, 1.82) is 0 Å². The van der Waals surface area contributed by atoms with Gasteiger partial charge in [-0.05, 0) is 48.7 Å². The Morgan fingerprint density at radius 2 is 2.14 bits per heavy atom. The maximum absolute atomic E-state index is 12.9. The van der Waals surface area contributed by atoms with Crippen molar-refractivity contribution in [3.05, 3.63) is 59.4 Å². The number of aryl methyl sites for hydroxylation is 1. The van der Waals surface area contributed by atoms with Crippen LogP contribution in [0.2, 0.25) is 0 Å². The summed E-state index contributed by atoms with van der Waals surface area (Å²) in [4.78, 5) is 23.6. The number of sulfone groups is 1. The zero-order valence-electron chi connectivity index (χ0n) is 15.3. The van der Waals surface area contributed by atoms with Crippen LogP contribution >= 0.6 is 11.3 Å². The summed E-state index contributed by atoms with van der Waals surface area (Å²) in [5.74, 6) is -0.0314. The van der Waals surface area contributed by atoms with E-state index in [0.717, 1.165) is 40.4 Å². The predicted molar refractivity (Wildman–Crippen MR) is 109 cm³/mol. The van der Waals surface area contributed by atoms with E-state index in [1.54, 1.807) is 35.5 Å². The maximum Gasteiger partial charge on any atom is 0.233 e. The molecule has 0 aliphatic carbocycles. The first-order chi connectivity index (χ1) is 13.4. The second-order valence-electron chi connectivity index (χ2n) is 6.77. The molecule has 4 rings (SSSR count). The number of carbonyl (C=O) groups is 1. The van der Waals surface area contributed by atoms with Gasteiger partial charge in [-0.15, -0.1) is 11.3 Å². The molecule has 0 atom stereocenters. The number of rotatable bonds is 4. The van der Waals surface area contributed by atoms with Crippen LogP contribution in [0.5, 0.6) is 0 Å². The van der Waals surface area contributed by atoms with E-state index in [9.17, 15) is 13.2 Å². The average molecular weight is 414 g/mol. The molecule has 1 amide bonds. The van der Waals surface area contributed by atoms with Crippen LogP contribution in [0.15, 0.2) is 53.0 Å². The first kappa shape index (κ1) is 18.8. The SMILES string of the molecule is CS(=O)(=O)c1ccc2c(c1)CCCN2C(=O)Cc1csc(-c2cccnc2)n1. The maximum atomic E-state index is 12.9. The number of aromatic nitrogens is 2. The molecule has 0 spiro atoms. The monoisotopic (exact) mass is 413 g/mol. The second kappa shape index (κ2) is 7.44. The Balaban J connectivity index is 1.55. The summed E-state index contributed by atoms with van der Waals surface area (Å²) in [6, 6.07) is 8.80. The van der Waals surface area contributed by atoms with Gasteiger partial charge in [0.25, 0.3) is 0 Å². The van der Waals surface area contributed by atoms with Gasteiger partial charge in [-0.2, -0.15) is 0 Å². The number of fused-ring (bicyclic) bond motifs is 1. The first-order valence-electron chi connectivity index (χ1n) is 8.90. The molecule has 0 saturated heterocycles. The number of thiazole rings is 1. The van der Waals surface area contributed by atoms with Crippen molar-refractivity contribution >= 4 is 32.8 Å². The molecule has 1 aliphatic rings. The number of pyridine rings is 1. The van der Waals surface area contributed by atoms with Crippen LogP contribution in [0.3, 0.4) is 0 Å². The molecule has 1 aromatic carbocycles. The van der Waals surface area contributed by atoms with E-state index < -0.39 is 9.84 Å². The topological polar surface area (TPSA) is 80.2 Å². The van der Waals surface area contributed by atoms with Crippen molar-refractivity contribution in [1.82, 2.24) is 9.97 Å². The number of nitrogens with zero attached hydrogens (tertiary/aromatic N) is 3. The summed E-state index contributed by atoms with van der Waals surface area (Å²) >= 11 is 1.49. The summed E-state index contributed by atoms with van der Waals surface area (Å²) in [5.41, 5.74) is 3.36. The van der Waals surface area contributed by atoms with Crippen LogP contribution in [0.1, 0.15) is 17.7 Å². The van der Waals surface area contributed by atoms with Gasteiger partial charge in [0, 0.05) is 41.8 Å². The first-order valence-corrected chi connectivity index (χ1v) is 11.7. The normalized spacial score (nSPS) is 14.0. The third kappa shape index (κ3) is 3.83. The summed E-state index contributed by atoms with van der Waals surface area (Å²) in [6.07, 6.45) is 6.45. The molecule has 2 aromatic heterocycles. The van der Waals surface area contributed by atoms with Crippen LogP contribution in [0.25, 0.3) is 10.6 Å². The molecule has 6 nitrogen and oxygen atoms in total. The predicted octanol–water partition coefficient (Wildman–Crippen LogP) is 3.13. The highest BCUT2D eigenvalue weighted by Gasteiger charge is 2.24. The van der Waals surface area contributed by atoms with E-state index in [1.807, 2.05) is 17.5 Å². The molecular formula is C20H19N3O3S2. The lowest BCUT2D eigenvalue weighted by atomic mass is 10.0. The number of anilines is 1. The van der Waals surface area contributed by atoms with Crippen molar-refractivity contribution in [3.63, 3.8) is 0 Å². The fraction of sp³-hybridized carbons (Fsp3) is 0.250. The van der Waals surface area contributed by atoms with Gasteiger partial charge in [0.2, 0.25) is 5.91 Å². The molecule has 1 aliphatic heterocycles. The highest BCUT2D eigenvalue weighted by atomic mass is 32.2. The molecule has 0 N–H and O–H groups in total. The van der Waals surface area contributed by atoms with Gasteiger partial charge in [-0.3, -0.25) is 9.78 Å². The molecule has 28 heavy (non-hydrogen) atoms. The molecule has 0 fully saturated rings. The van der Waals surface area contributed by atoms with E-state index in [1.165, 1.54) is 17.6 Å². The van der Waals surface area contributed by atoms with Crippen LogP contribution in [0.4, 0.5) is 5.69 Å². The minimum atomic E-state index is -3.26. The third-order valence-corrected chi connectivity index (χ3v) is 6.74. The minimum Gasteiger partial charge on any atom is -0.312 e. The Kier molecular flexibility index (Phi) is 4.99. The average Bonchev–Trinajstić information content (AvgIpc) is 3.15. The largest absolute Gasteiger partial charge is 0.312 e. The van der Waals surface area contributed by atoms with Crippen LogP contribution in [-0.4, -0.2) is 37.1 Å². The van der Waals surface area contributed by atoms with Gasteiger partial charge < -0.3 is 4.90 Å². The Morgan fingerprint density at radius 1 is 1.29 bits per heavy atom. The van der Waals surface area contributed by atoms with Gasteiger partial charge in [0.15, 0.2) is 9.84 Å². The van der Waals surface area contributed by atoms with Gasteiger partial charge in [0.1, 0.15) is 5.01 Å². The molecular weight excluding hydrogens is 394 g/mol. The smallest absolute Gasteiger partial charge is 0.233 e. The van der Waals surface area contributed by atoms with Gasteiger partial charge in [-0.25, -0.2) is 13.4 Å². The fourth-order valence-electron chi connectivity index (χ4n) is 3.32. The lowest BCUT2D eigenvalue weighted by molar-refractivity contribution is -0.118. The summed E-state index contributed by atoms with van der Waals surface area (Å²) in [5, 5.41) is 2.74. The molecule has 0 saturated carbocycles. The second-order valence-corrected chi connectivity index (χ2v) is 9.65. The van der Waals surface area contributed by atoms with E-state index >= 15 is 0 Å². The van der Waals surface area contributed by atoms with E-state index in [-0.39, 0.29) is 12.3 Å². The zero-order valence-corrected chi connectivity index (χ0v) is 17.0. The van der Waals surface area contributed by atoms with Crippen LogP contribution in [0, 0.1) is 0 Å². The number of carbonyl (C=O) groups excluding carboxylic acids is 1. The van der Waals surface area contributed by atoms with Gasteiger partial charge >= 0.3 is 0 Å². The number of amides is 1. The van der Waals surface area contributed by atoms with Crippen molar-refractivity contribution < 1.29 is 13.2 Å². The highest BCUT2D eigenvalue weighted by molar-refractivity contribution is 7.90. The quantitative estimate of drug-likeness (QED) is 0.656. The molecule has 3 heterocycles. The van der Waals surface area contributed by atoms with E-state index in [0.29, 0.717) is 11.4 Å². The van der Waals surface area contributed by atoms with Gasteiger partial charge in [0.05, 0.1) is 17.0 Å². The van der Waals surface area contributed by atoms with Crippen molar-refractivity contribution in [2.75, 3.05) is 17.7 Å². The summed E-state index contributed by atoms with van der Waals surface area (Å²) < 4.78 is 23.6. The van der Waals surface area contributed by atoms with Crippen molar-refractivity contribution in [2.45, 2.75) is 24.2 Å². The summed E-state index contributed by atoms with van der Waals surface area (Å²) in [6.45, 7) is 0.629. The molecule has 0 radical (unpaired) electrons. The zero-order chi connectivity index (χ0) is 19.7.